The lowest BCUT2D eigenvalue weighted by Crippen LogP contribution is -2.36. The van der Waals surface area contributed by atoms with Crippen molar-refractivity contribution in [1.82, 2.24) is 9.29 Å². The summed E-state index contributed by atoms with van der Waals surface area (Å²) >= 11 is 1.43. The number of thiazole rings is 1. The zero-order chi connectivity index (χ0) is 23.6. The van der Waals surface area contributed by atoms with E-state index in [1.807, 2.05) is 12.3 Å². The average Bonchev–Trinajstić information content (AvgIpc) is 3.23. The molecule has 1 aromatic heterocycles. The number of aromatic nitrogens is 1. The Morgan fingerprint density at radius 2 is 1.79 bits per heavy atom. The molecule has 0 N–H and O–H groups in total. The van der Waals surface area contributed by atoms with E-state index in [9.17, 15) is 22.0 Å². The highest BCUT2D eigenvalue weighted by atomic mass is 32.2. The summed E-state index contributed by atoms with van der Waals surface area (Å²) in [6.07, 6.45) is 2.35. The van der Waals surface area contributed by atoms with Gasteiger partial charge in [-0.05, 0) is 62.2 Å². The molecule has 0 aliphatic carbocycles. The molecule has 1 fully saturated rings. The first-order valence-corrected chi connectivity index (χ1v) is 12.9. The Hall–Kier alpha value is -2.69. The maximum atomic E-state index is 14.6. The van der Waals surface area contributed by atoms with Crippen LogP contribution in [0, 0.1) is 18.6 Å². The van der Waals surface area contributed by atoms with E-state index >= 15 is 0 Å². The molecule has 4 rings (SSSR count). The number of anilines is 1. The smallest absolute Gasteiger partial charge is 0.258 e. The van der Waals surface area contributed by atoms with Crippen LogP contribution in [0.15, 0.2) is 52.7 Å². The Balaban J connectivity index is 1.71. The number of hydrogen-bond donors (Lipinski definition) is 0. The van der Waals surface area contributed by atoms with E-state index in [0.29, 0.717) is 37.3 Å². The molecule has 2 heterocycles. The van der Waals surface area contributed by atoms with Crippen molar-refractivity contribution >= 4 is 33.0 Å². The Labute approximate surface area is 195 Å². The summed E-state index contributed by atoms with van der Waals surface area (Å²) < 4.78 is 55.5. The van der Waals surface area contributed by atoms with Crippen LogP contribution in [0.3, 0.4) is 0 Å². The number of aryl methyl sites for hydroxylation is 1. The van der Waals surface area contributed by atoms with Crippen molar-refractivity contribution in [3.8, 4) is 0 Å². The van der Waals surface area contributed by atoms with E-state index in [4.69, 9.17) is 0 Å². The fourth-order valence-corrected chi connectivity index (χ4v) is 5.99. The maximum absolute atomic E-state index is 14.6. The number of carbonyl (C=O) groups excluding carboxylic acids is 1. The third-order valence-electron chi connectivity index (χ3n) is 5.48. The number of nitrogens with zero attached hydrogens (tertiary/aromatic N) is 3. The quantitative estimate of drug-likeness (QED) is 0.499. The molecule has 174 valence electrons. The highest BCUT2D eigenvalue weighted by Crippen LogP contribution is 2.26. The van der Waals surface area contributed by atoms with Crippen LogP contribution in [0.5, 0.6) is 0 Å². The first kappa shape index (κ1) is 23.5. The molecule has 3 aromatic rings. The Morgan fingerprint density at radius 1 is 1.09 bits per heavy atom. The summed E-state index contributed by atoms with van der Waals surface area (Å²) in [4.78, 5) is 18.7. The van der Waals surface area contributed by atoms with Crippen molar-refractivity contribution in [3.63, 3.8) is 0 Å². The molecule has 0 atom stereocenters. The fourth-order valence-electron chi connectivity index (χ4n) is 3.78. The molecule has 6 nitrogen and oxygen atoms in total. The maximum Gasteiger partial charge on any atom is 0.258 e. The van der Waals surface area contributed by atoms with Gasteiger partial charge in [-0.1, -0.05) is 6.42 Å². The third-order valence-corrected chi connectivity index (χ3v) is 8.22. The number of hydrogen-bond acceptors (Lipinski definition) is 5. The number of rotatable bonds is 6. The van der Waals surface area contributed by atoms with Crippen molar-refractivity contribution in [2.24, 2.45) is 0 Å². The van der Waals surface area contributed by atoms with Crippen LogP contribution in [0.1, 0.15) is 40.3 Å². The molecule has 1 aliphatic rings. The van der Waals surface area contributed by atoms with Crippen LogP contribution in [0.25, 0.3) is 0 Å². The highest BCUT2D eigenvalue weighted by Gasteiger charge is 2.30. The molecule has 1 aliphatic heterocycles. The lowest BCUT2D eigenvalue weighted by atomic mass is 10.1. The summed E-state index contributed by atoms with van der Waals surface area (Å²) in [5, 5.41) is 2.64. The number of carbonyl (C=O) groups is 1. The minimum absolute atomic E-state index is 0.0169. The minimum atomic E-state index is -4.07. The van der Waals surface area contributed by atoms with Crippen molar-refractivity contribution < 1.29 is 22.0 Å². The van der Waals surface area contributed by atoms with Crippen LogP contribution in [0.2, 0.25) is 0 Å². The third kappa shape index (κ3) is 5.13. The van der Waals surface area contributed by atoms with Gasteiger partial charge in [-0.15, -0.1) is 11.3 Å². The van der Waals surface area contributed by atoms with E-state index in [1.54, 1.807) is 0 Å². The van der Waals surface area contributed by atoms with E-state index in [1.165, 1.54) is 50.9 Å². The number of sulfonamides is 1. The summed E-state index contributed by atoms with van der Waals surface area (Å²) in [6, 6.07) is 8.74. The molecule has 0 radical (unpaired) electrons. The van der Waals surface area contributed by atoms with Gasteiger partial charge in [0.2, 0.25) is 10.0 Å². The second-order valence-corrected chi connectivity index (χ2v) is 10.8. The zero-order valence-electron chi connectivity index (χ0n) is 18.0. The van der Waals surface area contributed by atoms with Crippen LogP contribution < -0.4 is 4.90 Å². The molecule has 0 saturated carbocycles. The molecule has 1 amide bonds. The van der Waals surface area contributed by atoms with E-state index in [-0.39, 0.29) is 12.1 Å². The molecule has 10 heteroatoms. The van der Waals surface area contributed by atoms with Gasteiger partial charge in [-0.3, -0.25) is 4.79 Å². The minimum Gasteiger partial charge on any atom is -0.302 e. The summed E-state index contributed by atoms with van der Waals surface area (Å²) in [7, 11) is -4.07. The molecular formula is C23H23F2N3O3S2. The molecule has 0 spiro atoms. The van der Waals surface area contributed by atoms with Gasteiger partial charge >= 0.3 is 0 Å². The van der Waals surface area contributed by atoms with Gasteiger partial charge in [0, 0.05) is 29.7 Å². The van der Waals surface area contributed by atoms with E-state index < -0.39 is 32.5 Å². The van der Waals surface area contributed by atoms with Crippen LogP contribution in [-0.2, 0) is 16.6 Å². The second-order valence-electron chi connectivity index (χ2n) is 7.84. The molecule has 33 heavy (non-hydrogen) atoms. The lowest BCUT2D eigenvalue weighted by molar-refractivity contribution is 0.0984. The second kappa shape index (κ2) is 9.66. The van der Waals surface area contributed by atoms with Gasteiger partial charge in [0.25, 0.3) is 5.91 Å². The molecule has 0 unspecified atom stereocenters. The Kier molecular flexibility index (Phi) is 6.87. The monoisotopic (exact) mass is 491 g/mol. The van der Waals surface area contributed by atoms with Gasteiger partial charge in [-0.25, -0.2) is 22.2 Å². The van der Waals surface area contributed by atoms with Crippen LogP contribution in [0.4, 0.5) is 14.5 Å². The largest absolute Gasteiger partial charge is 0.302 e. The zero-order valence-corrected chi connectivity index (χ0v) is 19.6. The van der Waals surface area contributed by atoms with Gasteiger partial charge in [0.1, 0.15) is 16.5 Å². The first-order chi connectivity index (χ1) is 15.8. The average molecular weight is 492 g/mol. The standard InChI is InChI=1S/C23H23F2N3O3S2/c1-16-26-19(15-32-16)14-28(20-8-6-18(24)7-9-20)23(29)17-5-10-21(25)22(13-17)33(30,31)27-11-3-2-4-12-27/h5-10,13,15H,2-4,11-12,14H2,1H3. The van der Waals surface area contributed by atoms with Crippen LogP contribution >= 0.6 is 11.3 Å². The van der Waals surface area contributed by atoms with Gasteiger partial charge in [-0.2, -0.15) is 4.31 Å². The summed E-state index contributed by atoms with van der Waals surface area (Å²) in [5.74, 6) is -1.89. The van der Waals surface area contributed by atoms with Crippen molar-refractivity contribution in [2.75, 3.05) is 18.0 Å². The Bertz CT molecular complexity index is 1250. The molecule has 2 aromatic carbocycles. The van der Waals surface area contributed by atoms with Gasteiger partial charge in [0.15, 0.2) is 0 Å². The van der Waals surface area contributed by atoms with Crippen LogP contribution in [-0.4, -0.2) is 36.7 Å². The summed E-state index contributed by atoms with van der Waals surface area (Å²) in [5.41, 5.74) is 1.07. The first-order valence-electron chi connectivity index (χ1n) is 10.5. The molecule has 1 saturated heterocycles. The number of benzene rings is 2. The highest BCUT2D eigenvalue weighted by molar-refractivity contribution is 7.89. The number of piperidine rings is 1. The van der Waals surface area contributed by atoms with Crippen molar-refractivity contribution in [1.29, 1.82) is 0 Å². The Morgan fingerprint density at radius 3 is 2.42 bits per heavy atom. The van der Waals surface area contributed by atoms with Crippen molar-refractivity contribution in [2.45, 2.75) is 37.6 Å². The van der Waals surface area contributed by atoms with E-state index in [0.717, 1.165) is 23.6 Å². The molecular weight excluding hydrogens is 468 g/mol. The normalized spacial score (nSPS) is 14.9. The van der Waals surface area contributed by atoms with Gasteiger partial charge in [0.05, 0.1) is 17.2 Å². The van der Waals surface area contributed by atoms with E-state index in [2.05, 4.69) is 4.98 Å². The van der Waals surface area contributed by atoms with Crippen molar-refractivity contribution in [3.05, 3.63) is 75.7 Å². The predicted octanol–water partition coefficient (Wildman–Crippen LogP) is 4.75. The molecule has 0 bridgehead atoms. The topological polar surface area (TPSA) is 70.6 Å². The lowest BCUT2D eigenvalue weighted by Gasteiger charge is -2.26. The number of amides is 1. The fraction of sp³-hybridized carbons (Fsp3) is 0.304. The predicted molar refractivity (Wildman–Crippen MR) is 123 cm³/mol. The number of halogens is 2. The SMILES string of the molecule is Cc1nc(CN(C(=O)c2ccc(F)c(S(=O)(=O)N3CCCCC3)c2)c2ccc(F)cc2)cs1. The van der Waals surface area contributed by atoms with Gasteiger partial charge < -0.3 is 4.90 Å². The summed E-state index contributed by atoms with van der Waals surface area (Å²) in [6.45, 7) is 2.59.